The zero-order valence-corrected chi connectivity index (χ0v) is 16.2. The molecule has 1 atom stereocenters. The highest BCUT2D eigenvalue weighted by atomic mass is 16.1. The van der Waals surface area contributed by atoms with E-state index >= 15 is 0 Å². The van der Waals surface area contributed by atoms with Crippen LogP contribution in [0.1, 0.15) is 42.6 Å². The van der Waals surface area contributed by atoms with Gasteiger partial charge in [-0.1, -0.05) is 30.3 Å². The van der Waals surface area contributed by atoms with Crippen molar-refractivity contribution in [1.29, 1.82) is 0 Å². The van der Waals surface area contributed by atoms with Crippen LogP contribution in [0.3, 0.4) is 0 Å². The average Bonchev–Trinajstić information content (AvgIpc) is 2.67. The third-order valence-electron chi connectivity index (χ3n) is 4.73. The molecule has 2 heterocycles. The highest BCUT2D eigenvalue weighted by molar-refractivity contribution is 5.93. The molecular weight excluding hydrogens is 338 g/mol. The lowest BCUT2D eigenvalue weighted by Gasteiger charge is -2.33. The Morgan fingerprint density at radius 1 is 1.22 bits per heavy atom. The minimum absolute atomic E-state index is 0.0963. The summed E-state index contributed by atoms with van der Waals surface area (Å²) in [7, 11) is 0. The number of piperidine rings is 1. The molecule has 0 radical (unpaired) electrons. The Hall–Kier alpha value is -2.47. The standard InChI is InChI=1S/C21H29N5O/c1-16(2)24-21-22-13-18(14-23-21)20(27)25-19-9-6-11-26(15-19)12-10-17-7-4-3-5-8-17/h3-5,7-8,13-14,16,19H,6,9-12,15H2,1-2H3,(H,25,27)(H,22,23,24). The van der Waals surface area contributed by atoms with Gasteiger partial charge in [0.1, 0.15) is 0 Å². The average molecular weight is 367 g/mol. The molecule has 1 aliphatic heterocycles. The molecule has 1 aromatic carbocycles. The van der Waals surface area contributed by atoms with Crippen LogP contribution in [0, 0.1) is 0 Å². The predicted octanol–water partition coefficient (Wildman–Crippen LogP) is 2.73. The topological polar surface area (TPSA) is 70.2 Å². The van der Waals surface area contributed by atoms with Crippen LogP contribution in [0.4, 0.5) is 5.95 Å². The van der Waals surface area contributed by atoms with E-state index in [9.17, 15) is 4.79 Å². The molecule has 6 heteroatoms. The number of hydrogen-bond acceptors (Lipinski definition) is 5. The van der Waals surface area contributed by atoms with Crippen LogP contribution in [0.2, 0.25) is 0 Å². The van der Waals surface area contributed by atoms with Gasteiger partial charge in [-0.25, -0.2) is 9.97 Å². The molecule has 0 spiro atoms. The molecule has 27 heavy (non-hydrogen) atoms. The van der Waals surface area contributed by atoms with Gasteiger partial charge in [0.05, 0.1) is 5.56 Å². The van der Waals surface area contributed by atoms with Crippen molar-refractivity contribution in [1.82, 2.24) is 20.2 Å². The van der Waals surface area contributed by atoms with Gasteiger partial charge in [0, 0.05) is 37.6 Å². The number of carbonyl (C=O) groups is 1. The summed E-state index contributed by atoms with van der Waals surface area (Å²) in [4.78, 5) is 23.4. The Labute approximate surface area is 161 Å². The third-order valence-corrected chi connectivity index (χ3v) is 4.73. The van der Waals surface area contributed by atoms with Gasteiger partial charge in [-0.3, -0.25) is 4.79 Å². The highest BCUT2D eigenvalue weighted by Gasteiger charge is 2.22. The largest absolute Gasteiger partial charge is 0.352 e. The summed E-state index contributed by atoms with van der Waals surface area (Å²) >= 11 is 0. The number of nitrogens with zero attached hydrogens (tertiary/aromatic N) is 3. The summed E-state index contributed by atoms with van der Waals surface area (Å²) in [5, 5.41) is 6.27. The third kappa shape index (κ3) is 6.03. The summed E-state index contributed by atoms with van der Waals surface area (Å²) in [6, 6.07) is 11.0. The summed E-state index contributed by atoms with van der Waals surface area (Å²) in [5.41, 5.74) is 1.86. The van der Waals surface area contributed by atoms with Gasteiger partial charge in [0.15, 0.2) is 0 Å². The van der Waals surface area contributed by atoms with Gasteiger partial charge in [0.2, 0.25) is 5.95 Å². The second-order valence-corrected chi connectivity index (χ2v) is 7.44. The van der Waals surface area contributed by atoms with Gasteiger partial charge in [-0.2, -0.15) is 0 Å². The Balaban J connectivity index is 1.48. The predicted molar refractivity (Wildman–Crippen MR) is 108 cm³/mol. The molecule has 6 nitrogen and oxygen atoms in total. The molecule has 1 aromatic heterocycles. The van der Waals surface area contributed by atoms with Crippen molar-refractivity contribution in [3.05, 3.63) is 53.9 Å². The minimum atomic E-state index is -0.0963. The highest BCUT2D eigenvalue weighted by Crippen LogP contribution is 2.12. The Kier molecular flexibility index (Phi) is 6.76. The van der Waals surface area contributed by atoms with E-state index in [-0.39, 0.29) is 18.0 Å². The maximum atomic E-state index is 12.5. The van der Waals surface area contributed by atoms with Gasteiger partial charge in [-0.05, 0) is 45.2 Å². The van der Waals surface area contributed by atoms with Crippen molar-refractivity contribution >= 4 is 11.9 Å². The van der Waals surface area contributed by atoms with Crippen LogP contribution >= 0.6 is 0 Å². The summed E-state index contributed by atoms with van der Waals surface area (Å²) in [5.74, 6) is 0.451. The minimum Gasteiger partial charge on any atom is -0.352 e. The molecule has 3 rings (SSSR count). The summed E-state index contributed by atoms with van der Waals surface area (Å²) < 4.78 is 0. The maximum absolute atomic E-state index is 12.5. The lowest BCUT2D eigenvalue weighted by atomic mass is 10.0. The first-order valence-electron chi connectivity index (χ1n) is 9.76. The smallest absolute Gasteiger partial charge is 0.254 e. The monoisotopic (exact) mass is 367 g/mol. The van der Waals surface area contributed by atoms with Crippen LogP contribution in [-0.4, -0.2) is 52.5 Å². The van der Waals surface area contributed by atoms with Crippen molar-refractivity contribution in [3.63, 3.8) is 0 Å². The van der Waals surface area contributed by atoms with Gasteiger partial charge in [-0.15, -0.1) is 0 Å². The molecule has 0 saturated carbocycles. The Morgan fingerprint density at radius 2 is 1.96 bits per heavy atom. The van der Waals surface area contributed by atoms with E-state index in [1.807, 2.05) is 19.9 Å². The quantitative estimate of drug-likeness (QED) is 0.787. The fourth-order valence-electron chi connectivity index (χ4n) is 3.36. The van der Waals surface area contributed by atoms with E-state index < -0.39 is 0 Å². The molecule has 1 aliphatic rings. The van der Waals surface area contributed by atoms with Crippen molar-refractivity contribution in [2.24, 2.45) is 0 Å². The van der Waals surface area contributed by atoms with Gasteiger partial charge in [0.25, 0.3) is 5.91 Å². The van der Waals surface area contributed by atoms with Crippen molar-refractivity contribution in [3.8, 4) is 0 Å². The maximum Gasteiger partial charge on any atom is 0.254 e. The molecule has 2 aromatic rings. The molecular formula is C21H29N5O. The van der Waals surface area contributed by atoms with E-state index in [0.717, 1.165) is 38.9 Å². The summed E-state index contributed by atoms with van der Waals surface area (Å²) in [6.07, 6.45) is 6.33. The van der Waals surface area contributed by atoms with Crippen molar-refractivity contribution in [2.75, 3.05) is 25.0 Å². The lowest BCUT2D eigenvalue weighted by molar-refractivity contribution is 0.0903. The second-order valence-electron chi connectivity index (χ2n) is 7.44. The molecule has 1 unspecified atom stereocenters. The molecule has 1 fully saturated rings. The number of amides is 1. The molecule has 0 bridgehead atoms. The first-order valence-corrected chi connectivity index (χ1v) is 9.76. The number of carbonyl (C=O) groups excluding carboxylic acids is 1. The molecule has 1 amide bonds. The van der Waals surface area contributed by atoms with Crippen LogP contribution in [0.15, 0.2) is 42.7 Å². The van der Waals surface area contributed by atoms with Crippen molar-refractivity contribution < 1.29 is 4.79 Å². The number of benzene rings is 1. The van der Waals surface area contributed by atoms with E-state index in [4.69, 9.17) is 0 Å². The second kappa shape index (κ2) is 9.46. The number of anilines is 1. The van der Waals surface area contributed by atoms with Crippen LogP contribution in [0.25, 0.3) is 0 Å². The number of hydrogen-bond donors (Lipinski definition) is 2. The van der Waals surface area contributed by atoms with Gasteiger partial charge >= 0.3 is 0 Å². The summed E-state index contributed by atoms with van der Waals surface area (Å²) in [6.45, 7) is 7.06. The lowest BCUT2D eigenvalue weighted by Crippen LogP contribution is -2.48. The van der Waals surface area contributed by atoms with E-state index in [2.05, 4.69) is 49.8 Å². The molecule has 1 saturated heterocycles. The molecule has 144 valence electrons. The first-order chi connectivity index (χ1) is 13.1. The normalized spacial score (nSPS) is 17.7. The van der Waals surface area contributed by atoms with Crippen LogP contribution in [0.5, 0.6) is 0 Å². The fraction of sp³-hybridized carbons (Fsp3) is 0.476. The van der Waals surface area contributed by atoms with Crippen molar-refractivity contribution in [2.45, 2.75) is 45.2 Å². The van der Waals surface area contributed by atoms with E-state index in [1.165, 1.54) is 5.56 Å². The van der Waals surface area contributed by atoms with Crippen LogP contribution in [-0.2, 0) is 6.42 Å². The van der Waals surface area contributed by atoms with Gasteiger partial charge < -0.3 is 15.5 Å². The number of nitrogens with one attached hydrogen (secondary N) is 2. The number of rotatable bonds is 7. The first kappa shape index (κ1) is 19.3. The SMILES string of the molecule is CC(C)Nc1ncc(C(=O)NC2CCCN(CCc3ccccc3)C2)cn1. The zero-order valence-electron chi connectivity index (χ0n) is 16.2. The zero-order chi connectivity index (χ0) is 19.1. The Bertz CT molecular complexity index is 717. The fourth-order valence-corrected chi connectivity index (χ4v) is 3.36. The Morgan fingerprint density at radius 3 is 2.67 bits per heavy atom. The van der Waals surface area contributed by atoms with E-state index in [0.29, 0.717) is 11.5 Å². The van der Waals surface area contributed by atoms with E-state index in [1.54, 1.807) is 12.4 Å². The number of aromatic nitrogens is 2. The van der Waals surface area contributed by atoms with Crippen LogP contribution < -0.4 is 10.6 Å². The molecule has 0 aliphatic carbocycles. The number of likely N-dealkylation sites (tertiary alicyclic amines) is 1. The molecule has 2 N–H and O–H groups in total.